The molecule has 1 heterocycles. The molecule has 0 aromatic heterocycles. The molecule has 118 valence electrons. The lowest BCUT2D eigenvalue weighted by Crippen LogP contribution is -2.45. The molecule has 2 nitrogen and oxygen atoms in total. The van der Waals surface area contributed by atoms with E-state index in [1.54, 1.807) is 0 Å². The van der Waals surface area contributed by atoms with E-state index in [2.05, 4.69) is 37.9 Å². The summed E-state index contributed by atoms with van der Waals surface area (Å²) in [6.07, 6.45) is 8.48. The first-order valence-electron chi connectivity index (χ1n) is 9.02. The number of hydrogen-bond donors (Lipinski definition) is 1. The third-order valence-corrected chi connectivity index (χ3v) is 4.84. The Kier molecular flexibility index (Phi) is 6.35. The van der Waals surface area contributed by atoms with Crippen molar-refractivity contribution in [2.45, 2.75) is 78.3 Å². The van der Waals surface area contributed by atoms with Gasteiger partial charge in [0.2, 0.25) is 0 Å². The van der Waals surface area contributed by atoms with Gasteiger partial charge in [0.15, 0.2) is 0 Å². The van der Waals surface area contributed by atoms with Crippen LogP contribution in [0.1, 0.15) is 66.2 Å². The van der Waals surface area contributed by atoms with E-state index < -0.39 is 0 Å². The van der Waals surface area contributed by atoms with Crippen molar-refractivity contribution in [2.75, 3.05) is 19.6 Å². The predicted octanol–water partition coefficient (Wildman–Crippen LogP) is 3.91. The van der Waals surface area contributed by atoms with Crippen LogP contribution < -0.4 is 5.32 Å². The van der Waals surface area contributed by atoms with Crippen molar-refractivity contribution < 1.29 is 0 Å². The summed E-state index contributed by atoms with van der Waals surface area (Å²) >= 11 is 0. The molecule has 1 saturated carbocycles. The third-order valence-electron chi connectivity index (χ3n) is 4.84. The van der Waals surface area contributed by atoms with Crippen molar-refractivity contribution in [3.63, 3.8) is 0 Å². The summed E-state index contributed by atoms with van der Waals surface area (Å²) in [7, 11) is 0. The van der Waals surface area contributed by atoms with Crippen LogP contribution in [-0.4, -0.2) is 36.6 Å². The highest BCUT2D eigenvalue weighted by molar-refractivity contribution is 4.91. The van der Waals surface area contributed by atoms with Crippen molar-refractivity contribution in [2.24, 2.45) is 17.8 Å². The summed E-state index contributed by atoms with van der Waals surface area (Å²) in [5, 5.41) is 3.59. The molecule has 1 aliphatic carbocycles. The van der Waals surface area contributed by atoms with Gasteiger partial charge in [-0.25, -0.2) is 0 Å². The maximum absolute atomic E-state index is 3.59. The second kappa shape index (κ2) is 7.79. The molecule has 1 saturated heterocycles. The first-order chi connectivity index (χ1) is 9.56. The van der Waals surface area contributed by atoms with Crippen molar-refractivity contribution in [1.29, 1.82) is 0 Å². The topological polar surface area (TPSA) is 15.3 Å². The number of hydrogen-bond acceptors (Lipinski definition) is 2. The van der Waals surface area contributed by atoms with Crippen LogP contribution in [0.3, 0.4) is 0 Å². The third kappa shape index (κ3) is 5.37. The molecule has 2 aliphatic rings. The summed E-state index contributed by atoms with van der Waals surface area (Å²) < 4.78 is 0. The molecular weight excluding hydrogens is 244 g/mol. The number of nitrogens with zero attached hydrogens (tertiary/aromatic N) is 1. The van der Waals surface area contributed by atoms with Crippen molar-refractivity contribution in [3.05, 3.63) is 0 Å². The van der Waals surface area contributed by atoms with Gasteiger partial charge < -0.3 is 5.32 Å². The molecule has 2 fully saturated rings. The molecular formula is C18H36N2. The zero-order valence-corrected chi connectivity index (χ0v) is 14.2. The highest BCUT2D eigenvalue weighted by Gasteiger charge is 2.35. The first-order valence-corrected chi connectivity index (χ1v) is 9.02. The minimum atomic E-state index is 0.824. The molecule has 20 heavy (non-hydrogen) atoms. The zero-order valence-electron chi connectivity index (χ0n) is 14.2. The van der Waals surface area contributed by atoms with Crippen LogP contribution in [0.4, 0.5) is 0 Å². The van der Waals surface area contributed by atoms with Crippen LogP contribution in [0, 0.1) is 17.8 Å². The van der Waals surface area contributed by atoms with E-state index in [0.717, 1.165) is 29.8 Å². The Labute approximate surface area is 126 Å². The quantitative estimate of drug-likeness (QED) is 0.725. The summed E-state index contributed by atoms with van der Waals surface area (Å²) in [4.78, 5) is 2.91. The normalized spacial score (nSPS) is 24.3. The molecule has 0 bridgehead atoms. The zero-order chi connectivity index (χ0) is 14.5. The maximum atomic E-state index is 3.59. The summed E-state index contributed by atoms with van der Waals surface area (Å²) in [5.74, 6) is 2.54. The standard InChI is InChI=1S/C18H36N2/c1-14(2)10-18(11-15(3)4)20(17-7-8-17)13-16-6-5-9-19-12-16/h14-19H,5-13H2,1-4H3. The highest BCUT2D eigenvalue weighted by Crippen LogP contribution is 2.34. The minimum Gasteiger partial charge on any atom is -0.316 e. The average molecular weight is 280 g/mol. The Morgan fingerprint density at radius 1 is 1.00 bits per heavy atom. The Morgan fingerprint density at radius 2 is 1.65 bits per heavy atom. The van der Waals surface area contributed by atoms with Crippen LogP contribution in [-0.2, 0) is 0 Å². The number of rotatable bonds is 8. The van der Waals surface area contributed by atoms with Gasteiger partial charge in [-0.15, -0.1) is 0 Å². The molecule has 2 rings (SSSR count). The largest absolute Gasteiger partial charge is 0.316 e. The van der Waals surface area contributed by atoms with Gasteiger partial charge in [0, 0.05) is 18.6 Å². The molecule has 1 aliphatic heterocycles. The molecule has 0 aromatic rings. The van der Waals surface area contributed by atoms with Crippen LogP contribution in [0.25, 0.3) is 0 Å². The van der Waals surface area contributed by atoms with Gasteiger partial charge in [-0.3, -0.25) is 4.90 Å². The molecule has 1 N–H and O–H groups in total. The summed E-state index contributed by atoms with van der Waals surface area (Å²) in [6.45, 7) is 13.4. The maximum Gasteiger partial charge on any atom is 0.0103 e. The van der Waals surface area contributed by atoms with E-state index in [-0.39, 0.29) is 0 Å². The van der Waals surface area contributed by atoms with Crippen molar-refractivity contribution >= 4 is 0 Å². The van der Waals surface area contributed by atoms with Gasteiger partial charge in [-0.05, 0) is 69.4 Å². The van der Waals surface area contributed by atoms with Crippen LogP contribution in [0.2, 0.25) is 0 Å². The monoisotopic (exact) mass is 280 g/mol. The molecule has 2 heteroatoms. The Hall–Kier alpha value is -0.0800. The molecule has 0 spiro atoms. The molecule has 0 amide bonds. The first kappa shape index (κ1) is 16.3. The fourth-order valence-corrected chi connectivity index (χ4v) is 3.84. The van der Waals surface area contributed by atoms with Gasteiger partial charge in [-0.1, -0.05) is 27.7 Å². The summed E-state index contributed by atoms with van der Waals surface area (Å²) in [5.41, 5.74) is 0. The van der Waals surface area contributed by atoms with E-state index in [1.807, 2.05) is 0 Å². The van der Waals surface area contributed by atoms with Crippen LogP contribution in [0.15, 0.2) is 0 Å². The van der Waals surface area contributed by atoms with Gasteiger partial charge in [0.1, 0.15) is 0 Å². The SMILES string of the molecule is CC(C)CC(CC(C)C)N(CC1CCCNC1)C1CC1. The van der Waals surface area contributed by atoms with E-state index in [9.17, 15) is 0 Å². The van der Waals surface area contributed by atoms with Crippen LogP contribution in [0.5, 0.6) is 0 Å². The number of piperidine rings is 1. The Morgan fingerprint density at radius 3 is 2.10 bits per heavy atom. The Balaban J connectivity index is 1.95. The smallest absolute Gasteiger partial charge is 0.0103 e. The van der Waals surface area contributed by atoms with E-state index in [4.69, 9.17) is 0 Å². The van der Waals surface area contributed by atoms with Gasteiger partial charge >= 0.3 is 0 Å². The van der Waals surface area contributed by atoms with E-state index in [1.165, 1.54) is 58.2 Å². The second-order valence-electron chi connectivity index (χ2n) is 8.05. The predicted molar refractivity (Wildman–Crippen MR) is 88.0 cm³/mol. The molecule has 1 unspecified atom stereocenters. The van der Waals surface area contributed by atoms with Gasteiger partial charge in [0.25, 0.3) is 0 Å². The lowest BCUT2D eigenvalue weighted by atomic mass is 9.92. The van der Waals surface area contributed by atoms with Gasteiger partial charge in [-0.2, -0.15) is 0 Å². The van der Waals surface area contributed by atoms with Gasteiger partial charge in [0.05, 0.1) is 0 Å². The average Bonchev–Trinajstić information content (AvgIpc) is 3.19. The lowest BCUT2D eigenvalue weighted by Gasteiger charge is -2.38. The van der Waals surface area contributed by atoms with Crippen LogP contribution >= 0.6 is 0 Å². The molecule has 0 aromatic carbocycles. The fourth-order valence-electron chi connectivity index (χ4n) is 3.84. The highest BCUT2D eigenvalue weighted by atomic mass is 15.2. The lowest BCUT2D eigenvalue weighted by molar-refractivity contribution is 0.113. The summed E-state index contributed by atoms with van der Waals surface area (Å²) in [6, 6.07) is 1.74. The number of nitrogens with one attached hydrogen (secondary N) is 1. The molecule has 0 radical (unpaired) electrons. The minimum absolute atomic E-state index is 0.824. The second-order valence-corrected chi connectivity index (χ2v) is 8.05. The van der Waals surface area contributed by atoms with Crippen molar-refractivity contribution in [1.82, 2.24) is 10.2 Å². The van der Waals surface area contributed by atoms with E-state index >= 15 is 0 Å². The Bertz CT molecular complexity index is 255. The van der Waals surface area contributed by atoms with Crippen molar-refractivity contribution in [3.8, 4) is 0 Å². The van der Waals surface area contributed by atoms with E-state index in [0.29, 0.717) is 0 Å². The molecule has 1 atom stereocenters. The fraction of sp³-hybridized carbons (Fsp3) is 1.00.